The van der Waals surface area contributed by atoms with Crippen LogP contribution >= 0.6 is 15.9 Å². The molecule has 0 aliphatic heterocycles. The summed E-state index contributed by atoms with van der Waals surface area (Å²) in [6, 6.07) is 0. The van der Waals surface area contributed by atoms with Gasteiger partial charge in [-0.3, -0.25) is 0 Å². The van der Waals surface area contributed by atoms with E-state index >= 15 is 0 Å². The Kier molecular flexibility index (Phi) is 5.34. The third-order valence-electron chi connectivity index (χ3n) is 2.56. The standard InChI is InChI=1S/C13H23BrO/c1-13(2,3)15-12-10-8-6-4-5-7-9-11(12)14/h9,12H,4-8,10H2,1-3H3. The zero-order chi connectivity index (χ0) is 11.3. The van der Waals surface area contributed by atoms with E-state index in [2.05, 4.69) is 42.8 Å². The van der Waals surface area contributed by atoms with Gasteiger partial charge in [-0.25, -0.2) is 0 Å². The number of hydrogen-bond donors (Lipinski definition) is 0. The number of halogens is 1. The van der Waals surface area contributed by atoms with Crippen LogP contribution in [-0.2, 0) is 4.74 Å². The molecule has 88 valence electrons. The summed E-state index contributed by atoms with van der Waals surface area (Å²) < 4.78 is 7.32. The minimum absolute atomic E-state index is 0.0500. The Bertz CT molecular complexity index is 215. The van der Waals surface area contributed by atoms with E-state index in [1.54, 1.807) is 0 Å². The molecule has 15 heavy (non-hydrogen) atoms. The molecule has 1 aliphatic carbocycles. The average molecular weight is 275 g/mol. The van der Waals surface area contributed by atoms with Crippen molar-refractivity contribution in [2.45, 2.75) is 71.0 Å². The van der Waals surface area contributed by atoms with E-state index in [4.69, 9.17) is 4.74 Å². The van der Waals surface area contributed by atoms with Crippen LogP contribution in [0.5, 0.6) is 0 Å². The number of hydrogen-bond acceptors (Lipinski definition) is 1. The summed E-state index contributed by atoms with van der Waals surface area (Å²) >= 11 is 3.66. The maximum atomic E-state index is 6.07. The number of rotatable bonds is 1. The van der Waals surface area contributed by atoms with Crippen LogP contribution in [0.3, 0.4) is 0 Å². The summed E-state index contributed by atoms with van der Waals surface area (Å²) in [5, 5.41) is 0. The molecule has 1 unspecified atom stereocenters. The Hall–Kier alpha value is 0.180. The molecule has 0 bridgehead atoms. The minimum atomic E-state index is -0.0500. The van der Waals surface area contributed by atoms with Crippen molar-refractivity contribution in [2.75, 3.05) is 0 Å². The van der Waals surface area contributed by atoms with E-state index in [1.165, 1.54) is 36.6 Å². The van der Waals surface area contributed by atoms with Crippen molar-refractivity contribution < 1.29 is 4.74 Å². The van der Waals surface area contributed by atoms with Crippen molar-refractivity contribution in [3.8, 4) is 0 Å². The zero-order valence-corrected chi connectivity index (χ0v) is 11.8. The highest BCUT2D eigenvalue weighted by molar-refractivity contribution is 9.11. The van der Waals surface area contributed by atoms with Crippen molar-refractivity contribution in [1.82, 2.24) is 0 Å². The predicted molar refractivity (Wildman–Crippen MR) is 69.3 cm³/mol. The van der Waals surface area contributed by atoms with Crippen LogP contribution in [0.4, 0.5) is 0 Å². The SMILES string of the molecule is CC(C)(C)OC1CCCCCCC=C1Br. The molecule has 0 amide bonds. The molecule has 0 fully saturated rings. The summed E-state index contributed by atoms with van der Waals surface area (Å²) in [4.78, 5) is 0. The average Bonchev–Trinajstić information content (AvgIpc) is 2.19. The Morgan fingerprint density at radius 3 is 2.53 bits per heavy atom. The molecule has 0 radical (unpaired) electrons. The molecule has 1 atom stereocenters. The van der Waals surface area contributed by atoms with Crippen LogP contribution in [0.1, 0.15) is 59.3 Å². The fourth-order valence-corrected chi connectivity index (χ4v) is 2.43. The van der Waals surface area contributed by atoms with E-state index in [0.29, 0.717) is 0 Å². The van der Waals surface area contributed by atoms with Crippen LogP contribution in [0, 0.1) is 0 Å². The number of allylic oxidation sites excluding steroid dienone is 1. The van der Waals surface area contributed by atoms with Gasteiger partial charge in [0.25, 0.3) is 0 Å². The molecule has 0 aromatic carbocycles. The summed E-state index contributed by atoms with van der Waals surface area (Å²) in [5.74, 6) is 0. The third kappa shape index (κ3) is 5.72. The molecule has 0 saturated carbocycles. The van der Waals surface area contributed by atoms with Crippen LogP contribution in [0.2, 0.25) is 0 Å². The van der Waals surface area contributed by atoms with E-state index in [9.17, 15) is 0 Å². The van der Waals surface area contributed by atoms with Gasteiger partial charge in [0.1, 0.15) is 0 Å². The van der Waals surface area contributed by atoms with Crippen molar-refractivity contribution in [3.63, 3.8) is 0 Å². The van der Waals surface area contributed by atoms with Crippen molar-refractivity contribution in [1.29, 1.82) is 0 Å². The Morgan fingerprint density at radius 2 is 1.87 bits per heavy atom. The van der Waals surface area contributed by atoms with Gasteiger partial charge in [0.05, 0.1) is 11.7 Å². The van der Waals surface area contributed by atoms with E-state index in [0.717, 1.165) is 6.42 Å². The van der Waals surface area contributed by atoms with Gasteiger partial charge in [0.15, 0.2) is 0 Å². The molecule has 0 aromatic rings. The fourth-order valence-electron chi connectivity index (χ4n) is 1.88. The Morgan fingerprint density at radius 1 is 1.20 bits per heavy atom. The van der Waals surface area contributed by atoms with Gasteiger partial charge in [0, 0.05) is 4.48 Å². The molecule has 0 spiro atoms. The topological polar surface area (TPSA) is 9.23 Å². The lowest BCUT2D eigenvalue weighted by Crippen LogP contribution is -2.27. The molecule has 0 heterocycles. The normalized spacial score (nSPS) is 25.1. The summed E-state index contributed by atoms with van der Waals surface area (Å²) in [6.45, 7) is 6.37. The maximum Gasteiger partial charge on any atom is 0.0893 e. The number of ether oxygens (including phenoxy) is 1. The molecule has 0 saturated heterocycles. The second-order valence-corrected chi connectivity index (χ2v) is 6.22. The van der Waals surface area contributed by atoms with Gasteiger partial charge >= 0.3 is 0 Å². The second-order valence-electron chi connectivity index (χ2n) is 5.30. The molecule has 0 N–H and O–H groups in total. The summed E-state index contributed by atoms with van der Waals surface area (Å²) in [7, 11) is 0. The highest BCUT2D eigenvalue weighted by Crippen LogP contribution is 2.27. The fraction of sp³-hybridized carbons (Fsp3) is 0.846. The largest absolute Gasteiger partial charge is 0.367 e. The predicted octanol–water partition coefficient (Wildman–Crippen LogP) is 4.80. The van der Waals surface area contributed by atoms with Crippen molar-refractivity contribution in [2.24, 2.45) is 0 Å². The smallest absolute Gasteiger partial charge is 0.0893 e. The van der Waals surface area contributed by atoms with Gasteiger partial charge in [-0.1, -0.05) is 41.3 Å². The van der Waals surface area contributed by atoms with Crippen LogP contribution in [0.15, 0.2) is 10.6 Å². The molecule has 0 aromatic heterocycles. The van der Waals surface area contributed by atoms with Gasteiger partial charge in [-0.2, -0.15) is 0 Å². The molecule has 2 heteroatoms. The lowest BCUT2D eigenvalue weighted by Gasteiger charge is -2.27. The monoisotopic (exact) mass is 274 g/mol. The highest BCUT2D eigenvalue weighted by Gasteiger charge is 2.21. The zero-order valence-electron chi connectivity index (χ0n) is 10.2. The van der Waals surface area contributed by atoms with Gasteiger partial charge in [-0.15, -0.1) is 0 Å². The first kappa shape index (κ1) is 13.2. The highest BCUT2D eigenvalue weighted by atomic mass is 79.9. The lowest BCUT2D eigenvalue weighted by molar-refractivity contribution is -0.0429. The summed E-state index contributed by atoms with van der Waals surface area (Å²) in [6.07, 6.45) is 10.2. The third-order valence-corrected chi connectivity index (χ3v) is 3.40. The molecule has 1 nitrogen and oxygen atoms in total. The van der Waals surface area contributed by atoms with Crippen LogP contribution in [0.25, 0.3) is 0 Å². The van der Waals surface area contributed by atoms with Crippen molar-refractivity contribution >= 4 is 15.9 Å². The quantitative estimate of drug-likeness (QED) is 0.667. The molecular formula is C13H23BrO. The molecule has 1 aliphatic rings. The second kappa shape index (κ2) is 6.05. The Balaban J connectivity index is 2.59. The van der Waals surface area contributed by atoms with Crippen LogP contribution < -0.4 is 0 Å². The maximum absolute atomic E-state index is 6.07. The first-order valence-electron chi connectivity index (χ1n) is 6.02. The first-order valence-corrected chi connectivity index (χ1v) is 6.82. The van der Waals surface area contributed by atoms with Gasteiger partial charge in [-0.05, 0) is 40.0 Å². The van der Waals surface area contributed by atoms with Gasteiger partial charge in [0.2, 0.25) is 0 Å². The molecular weight excluding hydrogens is 252 g/mol. The molecule has 1 rings (SSSR count). The van der Waals surface area contributed by atoms with E-state index < -0.39 is 0 Å². The van der Waals surface area contributed by atoms with Crippen LogP contribution in [-0.4, -0.2) is 11.7 Å². The summed E-state index contributed by atoms with van der Waals surface area (Å²) in [5.41, 5.74) is -0.0500. The van der Waals surface area contributed by atoms with Crippen molar-refractivity contribution in [3.05, 3.63) is 10.6 Å². The first-order chi connectivity index (χ1) is 6.99. The Labute approximate surface area is 102 Å². The van der Waals surface area contributed by atoms with E-state index in [-0.39, 0.29) is 11.7 Å². The lowest BCUT2D eigenvalue weighted by atomic mass is 10.1. The minimum Gasteiger partial charge on any atom is -0.367 e. The van der Waals surface area contributed by atoms with E-state index in [1.807, 2.05) is 0 Å². The van der Waals surface area contributed by atoms with Gasteiger partial charge < -0.3 is 4.74 Å².